The lowest BCUT2D eigenvalue weighted by molar-refractivity contribution is -0.140. The van der Waals surface area contributed by atoms with Crippen molar-refractivity contribution in [3.8, 4) is 0 Å². The van der Waals surface area contributed by atoms with Crippen LogP contribution in [0.3, 0.4) is 0 Å². The molecule has 0 saturated heterocycles. The minimum atomic E-state index is -0.133. The topological polar surface area (TPSA) is 52.3 Å². The Balaban J connectivity index is 1.78. The number of ether oxygens (including phenoxy) is 1. The van der Waals surface area contributed by atoms with Crippen LogP contribution >= 0.6 is 0 Å². The van der Waals surface area contributed by atoms with E-state index >= 15 is 0 Å². The van der Waals surface area contributed by atoms with Crippen molar-refractivity contribution in [1.82, 2.24) is 0 Å². The SMILES string of the molecule is COC(=O)CCCc1ccc(C(N)CC2CCCCC2)cc1. The first-order valence-electron chi connectivity index (χ1n) is 8.60. The van der Waals surface area contributed by atoms with Crippen molar-refractivity contribution in [3.63, 3.8) is 0 Å². The van der Waals surface area contributed by atoms with Crippen LogP contribution in [0, 0.1) is 5.92 Å². The number of carbonyl (C=O) groups excluding carboxylic acids is 1. The van der Waals surface area contributed by atoms with E-state index in [2.05, 4.69) is 29.0 Å². The molecule has 1 atom stereocenters. The van der Waals surface area contributed by atoms with E-state index in [1.165, 1.54) is 50.3 Å². The first-order chi connectivity index (χ1) is 10.7. The molecule has 1 aromatic carbocycles. The van der Waals surface area contributed by atoms with E-state index < -0.39 is 0 Å². The van der Waals surface area contributed by atoms with E-state index in [0.717, 1.165) is 25.2 Å². The van der Waals surface area contributed by atoms with Gasteiger partial charge in [0.1, 0.15) is 0 Å². The molecule has 1 unspecified atom stereocenters. The second-order valence-electron chi connectivity index (χ2n) is 6.52. The molecule has 0 heterocycles. The zero-order valence-corrected chi connectivity index (χ0v) is 13.7. The van der Waals surface area contributed by atoms with Crippen LogP contribution in [-0.2, 0) is 16.0 Å². The van der Waals surface area contributed by atoms with Crippen molar-refractivity contribution < 1.29 is 9.53 Å². The highest BCUT2D eigenvalue weighted by Crippen LogP contribution is 2.30. The van der Waals surface area contributed by atoms with Gasteiger partial charge in [0.2, 0.25) is 0 Å². The van der Waals surface area contributed by atoms with Crippen molar-refractivity contribution in [2.75, 3.05) is 7.11 Å². The molecule has 0 aromatic heterocycles. The van der Waals surface area contributed by atoms with Gasteiger partial charge in [-0.3, -0.25) is 4.79 Å². The molecule has 2 rings (SSSR count). The van der Waals surface area contributed by atoms with Gasteiger partial charge < -0.3 is 10.5 Å². The zero-order valence-electron chi connectivity index (χ0n) is 13.7. The van der Waals surface area contributed by atoms with Gasteiger partial charge in [0.05, 0.1) is 7.11 Å². The van der Waals surface area contributed by atoms with Crippen LogP contribution in [0.1, 0.15) is 68.5 Å². The van der Waals surface area contributed by atoms with Crippen LogP contribution in [0.5, 0.6) is 0 Å². The molecular formula is C19H29NO2. The predicted molar refractivity (Wildman–Crippen MR) is 89.5 cm³/mol. The van der Waals surface area contributed by atoms with Crippen molar-refractivity contribution in [3.05, 3.63) is 35.4 Å². The second kappa shape index (κ2) is 8.94. The Morgan fingerprint density at radius 3 is 2.55 bits per heavy atom. The number of methoxy groups -OCH3 is 1. The third-order valence-corrected chi connectivity index (χ3v) is 4.79. The van der Waals surface area contributed by atoms with Crippen LogP contribution in [0.25, 0.3) is 0 Å². The van der Waals surface area contributed by atoms with Gasteiger partial charge in [-0.25, -0.2) is 0 Å². The molecule has 0 bridgehead atoms. The number of nitrogens with two attached hydrogens (primary N) is 1. The number of rotatable bonds is 7. The molecule has 1 aliphatic carbocycles. The average Bonchev–Trinajstić information content (AvgIpc) is 2.56. The molecule has 0 spiro atoms. The maximum Gasteiger partial charge on any atom is 0.305 e. The smallest absolute Gasteiger partial charge is 0.305 e. The lowest BCUT2D eigenvalue weighted by atomic mass is 9.83. The van der Waals surface area contributed by atoms with E-state index in [1.54, 1.807) is 0 Å². The van der Waals surface area contributed by atoms with Gasteiger partial charge in [-0.1, -0.05) is 56.4 Å². The van der Waals surface area contributed by atoms with Crippen molar-refractivity contribution >= 4 is 5.97 Å². The van der Waals surface area contributed by atoms with Crippen molar-refractivity contribution in [2.45, 2.75) is 63.8 Å². The molecule has 2 N–H and O–H groups in total. The number of benzene rings is 1. The first-order valence-corrected chi connectivity index (χ1v) is 8.60. The lowest BCUT2D eigenvalue weighted by Gasteiger charge is -2.24. The van der Waals surface area contributed by atoms with Crippen LogP contribution in [-0.4, -0.2) is 13.1 Å². The number of carbonyl (C=O) groups is 1. The molecule has 3 nitrogen and oxygen atoms in total. The molecule has 22 heavy (non-hydrogen) atoms. The molecule has 0 aliphatic heterocycles. The fraction of sp³-hybridized carbons (Fsp3) is 0.632. The summed E-state index contributed by atoms with van der Waals surface area (Å²) in [6.07, 6.45) is 10.2. The Morgan fingerprint density at radius 2 is 1.91 bits per heavy atom. The highest BCUT2D eigenvalue weighted by atomic mass is 16.5. The Hall–Kier alpha value is -1.35. The summed E-state index contributed by atoms with van der Waals surface area (Å²) in [5, 5.41) is 0. The molecular weight excluding hydrogens is 274 g/mol. The van der Waals surface area contributed by atoms with E-state index in [-0.39, 0.29) is 12.0 Å². The third-order valence-electron chi connectivity index (χ3n) is 4.79. The Kier molecular flexibility index (Phi) is 6.91. The molecule has 1 saturated carbocycles. The lowest BCUT2D eigenvalue weighted by Crippen LogP contribution is -2.17. The summed E-state index contributed by atoms with van der Waals surface area (Å²) in [5.74, 6) is 0.676. The largest absolute Gasteiger partial charge is 0.469 e. The third kappa shape index (κ3) is 5.45. The van der Waals surface area contributed by atoms with Gasteiger partial charge in [-0.15, -0.1) is 0 Å². The number of hydrogen-bond acceptors (Lipinski definition) is 3. The summed E-state index contributed by atoms with van der Waals surface area (Å²) in [7, 11) is 1.44. The molecule has 1 aliphatic rings. The fourth-order valence-electron chi connectivity index (χ4n) is 3.39. The van der Waals surface area contributed by atoms with Gasteiger partial charge in [-0.05, 0) is 36.3 Å². The summed E-state index contributed by atoms with van der Waals surface area (Å²) in [5.41, 5.74) is 8.87. The second-order valence-corrected chi connectivity index (χ2v) is 6.52. The summed E-state index contributed by atoms with van der Waals surface area (Å²) in [6, 6.07) is 8.76. The Morgan fingerprint density at radius 1 is 1.23 bits per heavy atom. The highest BCUT2D eigenvalue weighted by Gasteiger charge is 2.17. The molecule has 3 heteroatoms. The van der Waals surface area contributed by atoms with E-state index in [4.69, 9.17) is 5.73 Å². The Bertz CT molecular complexity index is 449. The van der Waals surface area contributed by atoms with Crippen molar-refractivity contribution in [2.24, 2.45) is 11.7 Å². The normalized spacial score (nSPS) is 17.2. The highest BCUT2D eigenvalue weighted by molar-refractivity contribution is 5.69. The monoisotopic (exact) mass is 303 g/mol. The molecule has 1 fully saturated rings. The Labute approximate surface area is 134 Å². The molecule has 0 radical (unpaired) electrons. The number of esters is 1. The van der Waals surface area contributed by atoms with Gasteiger partial charge in [-0.2, -0.15) is 0 Å². The van der Waals surface area contributed by atoms with Gasteiger partial charge in [0.25, 0.3) is 0 Å². The zero-order chi connectivity index (χ0) is 15.8. The first kappa shape index (κ1) is 17.0. The minimum absolute atomic E-state index is 0.133. The van der Waals surface area contributed by atoms with E-state index in [1.807, 2.05) is 0 Å². The summed E-state index contributed by atoms with van der Waals surface area (Å²) in [4.78, 5) is 11.1. The van der Waals surface area contributed by atoms with Crippen LogP contribution < -0.4 is 5.73 Å². The van der Waals surface area contributed by atoms with Gasteiger partial charge >= 0.3 is 5.97 Å². The maximum absolute atomic E-state index is 11.1. The maximum atomic E-state index is 11.1. The number of aryl methyl sites for hydroxylation is 1. The minimum Gasteiger partial charge on any atom is -0.469 e. The van der Waals surface area contributed by atoms with Crippen LogP contribution in [0.4, 0.5) is 0 Å². The number of hydrogen-bond donors (Lipinski definition) is 1. The van der Waals surface area contributed by atoms with Crippen LogP contribution in [0.2, 0.25) is 0 Å². The summed E-state index contributed by atoms with van der Waals surface area (Å²) < 4.78 is 4.66. The summed E-state index contributed by atoms with van der Waals surface area (Å²) >= 11 is 0. The van der Waals surface area contributed by atoms with Crippen molar-refractivity contribution in [1.29, 1.82) is 0 Å². The standard InChI is InChI=1S/C19H29NO2/c1-22-19(21)9-5-8-15-10-12-17(13-11-15)18(20)14-16-6-3-2-4-7-16/h10-13,16,18H,2-9,14,20H2,1H3. The molecule has 1 aromatic rings. The molecule has 122 valence electrons. The fourth-order valence-corrected chi connectivity index (χ4v) is 3.39. The average molecular weight is 303 g/mol. The van der Waals surface area contributed by atoms with Crippen LogP contribution in [0.15, 0.2) is 24.3 Å². The summed E-state index contributed by atoms with van der Waals surface area (Å²) in [6.45, 7) is 0. The molecule has 0 amide bonds. The van der Waals surface area contributed by atoms with E-state index in [0.29, 0.717) is 6.42 Å². The predicted octanol–water partition coefficient (Wildman–Crippen LogP) is 4.15. The van der Waals surface area contributed by atoms with Gasteiger partial charge in [0, 0.05) is 12.5 Å². The van der Waals surface area contributed by atoms with E-state index in [9.17, 15) is 4.79 Å². The quantitative estimate of drug-likeness (QED) is 0.770. The van der Waals surface area contributed by atoms with Gasteiger partial charge in [0.15, 0.2) is 0 Å².